The zero-order chi connectivity index (χ0) is 11.6. The molecule has 1 aliphatic rings. The molecule has 1 fully saturated rings. The van der Waals surface area contributed by atoms with Gasteiger partial charge in [-0.05, 0) is 12.8 Å². The molecule has 5 nitrogen and oxygen atoms in total. The Hall–Kier alpha value is -1.20. The molecule has 1 aromatic rings. The molecule has 1 saturated heterocycles. The molecule has 88 valence electrons. The molecule has 0 saturated carbocycles. The summed E-state index contributed by atoms with van der Waals surface area (Å²) in [6, 6.07) is 0. The molecule has 2 rings (SSSR count). The number of aryl methyl sites for hydroxylation is 1. The number of hydrogen-bond acceptors (Lipinski definition) is 4. The van der Waals surface area contributed by atoms with Gasteiger partial charge in [0, 0.05) is 32.7 Å². The van der Waals surface area contributed by atoms with Gasteiger partial charge < -0.3 is 15.0 Å². The van der Waals surface area contributed by atoms with Crippen molar-refractivity contribution in [2.75, 3.05) is 13.2 Å². The van der Waals surface area contributed by atoms with Crippen LogP contribution < -0.4 is 5.73 Å². The molecule has 0 aliphatic carbocycles. The van der Waals surface area contributed by atoms with Crippen molar-refractivity contribution in [1.29, 1.82) is 0 Å². The van der Waals surface area contributed by atoms with Crippen LogP contribution in [0, 0.1) is 0 Å². The highest BCUT2D eigenvalue weighted by molar-refractivity contribution is 5.89. The summed E-state index contributed by atoms with van der Waals surface area (Å²) in [4.78, 5) is 16.2. The fourth-order valence-corrected chi connectivity index (χ4v) is 1.90. The van der Waals surface area contributed by atoms with Crippen LogP contribution in [0.1, 0.15) is 18.7 Å². The number of nitrogens with zero attached hydrogens (tertiary/aromatic N) is 2. The van der Waals surface area contributed by atoms with Gasteiger partial charge >= 0.3 is 0 Å². The van der Waals surface area contributed by atoms with E-state index in [4.69, 9.17) is 10.5 Å². The third-order valence-corrected chi connectivity index (χ3v) is 3.18. The standard InChI is InChI=1S/C11H17N3O2/c1-14-5-4-13-10(14)8-9(15)11(12)2-6-16-7-3-11/h4-5H,2-3,6-8,12H2,1H3. The minimum Gasteiger partial charge on any atom is -0.381 e. The summed E-state index contributed by atoms with van der Waals surface area (Å²) in [5.41, 5.74) is 5.38. The third-order valence-electron chi connectivity index (χ3n) is 3.18. The highest BCUT2D eigenvalue weighted by Gasteiger charge is 2.35. The van der Waals surface area contributed by atoms with Crippen LogP contribution in [0.3, 0.4) is 0 Å². The fourth-order valence-electron chi connectivity index (χ4n) is 1.90. The van der Waals surface area contributed by atoms with Gasteiger partial charge in [0.15, 0.2) is 5.78 Å². The van der Waals surface area contributed by atoms with Crippen LogP contribution in [0.25, 0.3) is 0 Å². The Bertz CT molecular complexity index is 380. The summed E-state index contributed by atoms with van der Waals surface area (Å²) in [5.74, 6) is 0.825. The minimum atomic E-state index is -0.718. The average Bonchev–Trinajstić information content (AvgIpc) is 2.65. The van der Waals surface area contributed by atoms with Crippen LogP contribution >= 0.6 is 0 Å². The number of Topliss-reactive ketones (excluding diaryl/α,β-unsaturated/α-hetero) is 1. The Morgan fingerprint density at radius 2 is 2.31 bits per heavy atom. The Morgan fingerprint density at radius 3 is 2.88 bits per heavy atom. The van der Waals surface area contributed by atoms with E-state index in [1.54, 1.807) is 6.20 Å². The highest BCUT2D eigenvalue weighted by atomic mass is 16.5. The second-order valence-corrected chi connectivity index (χ2v) is 4.32. The number of ether oxygens (including phenoxy) is 1. The smallest absolute Gasteiger partial charge is 0.160 e. The Kier molecular flexibility index (Phi) is 3.07. The molecule has 0 radical (unpaired) electrons. The van der Waals surface area contributed by atoms with Crippen molar-refractivity contribution in [1.82, 2.24) is 9.55 Å². The highest BCUT2D eigenvalue weighted by Crippen LogP contribution is 2.20. The third kappa shape index (κ3) is 2.15. The molecule has 5 heteroatoms. The number of hydrogen-bond donors (Lipinski definition) is 1. The second kappa shape index (κ2) is 4.35. The van der Waals surface area contributed by atoms with E-state index in [1.165, 1.54) is 0 Å². The Morgan fingerprint density at radius 1 is 1.62 bits per heavy atom. The molecule has 0 atom stereocenters. The van der Waals surface area contributed by atoms with Gasteiger partial charge in [0.1, 0.15) is 5.82 Å². The molecule has 0 bridgehead atoms. The first-order valence-corrected chi connectivity index (χ1v) is 5.48. The van der Waals surface area contributed by atoms with Crippen molar-refractivity contribution >= 4 is 5.78 Å². The maximum Gasteiger partial charge on any atom is 0.160 e. The molecule has 0 unspecified atom stereocenters. The maximum atomic E-state index is 12.1. The van der Waals surface area contributed by atoms with E-state index in [2.05, 4.69) is 4.98 Å². The number of carbonyl (C=O) groups is 1. The molecule has 16 heavy (non-hydrogen) atoms. The summed E-state index contributed by atoms with van der Waals surface area (Å²) in [7, 11) is 1.88. The first kappa shape index (κ1) is 11.3. The van der Waals surface area contributed by atoms with Gasteiger partial charge in [-0.15, -0.1) is 0 Å². The number of nitrogens with two attached hydrogens (primary N) is 1. The number of rotatable bonds is 3. The van der Waals surface area contributed by atoms with Gasteiger partial charge in [0.25, 0.3) is 0 Å². The zero-order valence-corrected chi connectivity index (χ0v) is 9.48. The van der Waals surface area contributed by atoms with Crippen molar-refractivity contribution in [3.8, 4) is 0 Å². The topological polar surface area (TPSA) is 70.1 Å². The summed E-state index contributed by atoms with van der Waals surface area (Å²) < 4.78 is 7.07. The monoisotopic (exact) mass is 223 g/mol. The molecular formula is C11H17N3O2. The van der Waals surface area contributed by atoms with Crippen molar-refractivity contribution in [2.45, 2.75) is 24.8 Å². The van der Waals surface area contributed by atoms with Crippen molar-refractivity contribution in [3.05, 3.63) is 18.2 Å². The van der Waals surface area contributed by atoms with Gasteiger partial charge in [-0.25, -0.2) is 4.98 Å². The summed E-state index contributed by atoms with van der Waals surface area (Å²) in [5, 5.41) is 0. The molecule has 1 aromatic heterocycles. The van der Waals surface area contributed by atoms with Gasteiger partial charge in [0.2, 0.25) is 0 Å². The van der Waals surface area contributed by atoms with E-state index in [1.807, 2.05) is 17.8 Å². The first-order valence-electron chi connectivity index (χ1n) is 5.48. The summed E-state index contributed by atoms with van der Waals surface area (Å²) in [6.45, 7) is 1.14. The first-order chi connectivity index (χ1) is 7.62. The molecule has 0 spiro atoms. The maximum absolute atomic E-state index is 12.1. The van der Waals surface area contributed by atoms with Crippen LogP contribution in [0.5, 0.6) is 0 Å². The van der Waals surface area contributed by atoms with Crippen LogP contribution in [-0.2, 0) is 23.0 Å². The van der Waals surface area contributed by atoms with Gasteiger partial charge in [-0.3, -0.25) is 4.79 Å². The van der Waals surface area contributed by atoms with Crippen molar-refractivity contribution < 1.29 is 9.53 Å². The van der Waals surface area contributed by atoms with Gasteiger partial charge in [-0.1, -0.05) is 0 Å². The van der Waals surface area contributed by atoms with E-state index < -0.39 is 5.54 Å². The largest absolute Gasteiger partial charge is 0.381 e. The lowest BCUT2D eigenvalue weighted by Gasteiger charge is -2.31. The lowest BCUT2D eigenvalue weighted by Crippen LogP contribution is -2.52. The van der Waals surface area contributed by atoms with Crippen LogP contribution in [0.4, 0.5) is 0 Å². The van der Waals surface area contributed by atoms with Crippen LogP contribution in [0.2, 0.25) is 0 Å². The lowest BCUT2D eigenvalue weighted by molar-refractivity contribution is -0.127. The van der Waals surface area contributed by atoms with E-state index in [0.717, 1.165) is 5.82 Å². The molecule has 0 aromatic carbocycles. The second-order valence-electron chi connectivity index (χ2n) is 4.32. The SMILES string of the molecule is Cn1ccnc1CC(=O)C1(N)CCOCC1. The van der Waals surface area contributed by atoms with Crippen molar-refractivity contribution in [2.24, 2.45) is 12.8 Å². The average molecular weight is 223 g/mol. The van der Waals surface area contributed by atoms with E-state index in [0.29, 0.717) is 32.5 Å². The van der Waals surface area contributed by atoms with Gasteiger partial charge in [0.05, 0.1) is 12.0 Å². The number of imidazole rings is 1. The predicted molar refractivity (Wildman–Crippen MR) is 58.9 cm³/mol. The summed E-state index contributed by atoms with van der Waals surface area (Å²) in [6.07, 6.45) is 5.04. The van der Waals surface area contributed by atoms with E-state index in [-0.39, 0.29) is 5.78 Å². The van der Waals surface area contributed by atoms with Crippen LogP contribution in [0.15, 0.2) is 12.4 Å². The number of carbonyl (C=O) groups excluding carboxylic acids is 1. The fraction of sp³-hybridized carbons (Fsp3) is 0.636. The van der Waals surface area contributed by atoms with Gasteiger partial charge in [-0.2, -0.15) is 0 Å². The van der Waals surface area contributed by atoms with Crippen molar-refractivity contribution in [3.63, 3.8) is 0 Å². The van der Waals surface area contributed by atoms with E-state index in [9.17, 15) is 4.79 Å². The molecular weight excluding hydrogens is 206 g/mol. The van der Waals surface area contributed by atoms with Crippen LogP contribution in [-0.4, -0.2) is 34.1 Å². The molecule has 0 amide bonds. The molecule has 2 N–H and O–H groups in total. The predicted octanol–water partition coefficient (Wildman–Crippen LogP) is 0.0396. The minimum absolute atomic E-state index is 0.0603. The normalized spacial score (nSPS) is 19.6. The molecule has 2 heterocycles. The van der Waals surface area contributed by atoms with E-state index >= 15 is 0 Å². The number of ketones is 1. The Balaban J connectivity index is 2.05. The zero-order valence-electron chi connectivity index (χ0n) is 9.48. The number of aromatic nitrogens is 2. The lowest BCUT2D eigenvalue weighted by atomic mass is 9.85. The molecule has 1 aliphatic heterocycles. The quantitative estimate of drug-likeness (QED) is 0.785. The Labute approximate surface area is 94.6 Å². The summed E-state index contributed by atoms with van der Waals surface area (Å²) >= 11 is 0.